The summed E-state index contributed by atoms with van der Waals surface area (Å²) in [6.45, 7) is 2.08. The number of benzene rings is 1. The molecule has 0 aliphatic rings. The first-order valence-corrected chi connectivity index (χ1v) is 6.10. The Labute approximate surface area is 94.7 Å². The molecule has 2 nitrogen and oxygen atoms in total. The molecular formula is C12H16O2S. The van der Waals surface area contributed by atoms with Gasteiger partial charge in [0.25, 0.3) is 0 Å². The second-order valence-electron chi connectivity index (χ2n) is 3.54. The van der Waals surface area contributed by atoms with Gasteiger partial charge >= 0.3 is 5.97 Å². The molecule has 1 aromatic carbocycles. The zero-order chi connectivity index (χ0) is 11.1. The van der Waals surface area contributed by atoms with Gasteiger partial charge in [-0.1, -0.05) is 37.3 Å². The zero-order valence-electron chi connectivity index (χ0n) is 8.85. The third-order valence-corrected chi connectivity index (χ3v) is 3.45. The summed E-state index contributed by atoms with van der Waals surface area (Å²) in [5.41, 5.74) is 1.30. The van der Waals surface area contributed by atoms with Gasteiger partial charge in [-0.3, -0.25) is 4.79 Å². The molecule has 0 amide bonds. The van der Waals surface area contributed by atoms with E-state index in [4.69, 9.17) is 5.11 Å². The first-order chi connectivity index (χ1) is 7.18. The molecule has 0 bridgehead atoms. The summed E-state index contributed by atoms with van der Waals surface area (Å²) in [6, 6.07) is 10.2. The molecule has 0 fully saturated rings. The van der Waals surface area contributed by atoms with Crippen molar-refractivity contribution in [3.05, 3.63) is 35.9 Å². The van der Waals surface area contributed by atoms with Crippen LogP contribution in [0.25, 0.3) is 0 Å². The van der Waals surface area contributed by atoms with Gasteiger partial charge in [-0.2, -0.15) is 11.8 Å². The summed E-state index contributed by atoms with van der Waals surface area (Å²) >= 11 is 1.81. The van der Waals surface area contributed by atoms with Gasteiger partial charge in [-0.15, -0.1) is 0 Å². The van der Waals surface area contributed by atoms with E-state index < -0.39 is 5.97 Å². The van der Waals surface area contributed by atoms with E-state index in [1.54, 1.807) is 0 Å². The number of hydrogen-bond acceptors (Lipinski definition) is 2. The molecule has 0 aromatic heterocycles. The third-order valence-electron chi connectivity index (χ3n) is 2.14. The summed E-state index contributed by atoms with van der Waals surface area (Å²) in [5.74, 6) is 0.254. The lowest BCUT2D eigenvalue weighted by Crippen LogP contribution is -2.02. The van der Waals surface area contributed by atoms with Gasteiger partial charge in [0.15, 0.2) is 0 Å². The largest absolute Gasteiger partial charge is 0.481 e. The van der Waals surface area contributed by atoms with Gasteiger partial charge in [-0.05, 0) is 12.0 Å². The smallest absolute Gasteiger partial charge is 0.303 e. The molecule has 1 rings (SSSR count). The monoisotopic (exact) mass is 224 g/mol. The molecule has 15 heavy (non-hydrogen) atoms. The number of carboxylic acids is 1. The highest BCUT2D eigenvalue weighted by Crippen LogP contribution is 2.20. The summed E-state index contributed by atoms with van der Waals surface area (Å²) in [7, 11) is 0. The molecule has 82 valence electrons. The van der Waals surface area contributed by atoms with Crippen molar-refractivity contribution in [2.24, 2.45) is 0 Å². The summed E-state index contributed by atoms with van der Waals surface area (Å²) in [4.78, 5) is 10.4. The fourth-order valence-electron chi connectivity index (χ4n) is 1.22. The van der Waals surface area contributed by atoms with Crippen LogP contribution in [0.3, 0.4) is 0 Å². The van der Waals surface area contributed by atoms with E-state index in [0.717, 1.165) is 12.2 Å². The van der Waals surface area contributed by atoms with E-state index in [0.29, 0.717) is 5.25 Å². The van der Waals surface area contributed by atoms with Crippen molar-refractivity contribution in [2.45, 2.75) is 30.8 Å². The Bertz CT molecular complexity index is 298. The Balaban J connectivity index is 2.22. The first-order valence-electron chi connectivity index (χ1n) is 5.06. The second kappa shape index (κ2) is 6.51. The highest BCUT2D eigenvalue weighted by molar-refractivity contribution is 7.99. The number of rotatable bonds is 6. The van der Waals surface area contributed by atoms with Crippen molar-refractivity contribution < 1.29 is 9.90 Å². The van der Waals surface area contributed by atoms with Crippen LogP contribution in [0.1, 0.15) is 25.3 Å². The minimum absolute atomic E-state index is 0.267. The van der Waals surface area contributed by atoms with E-state index >= 15 is 0 Å². The molecule has 3 heteroatoms. The van der Waals surface area contributed by atoms with Crippen molar-refractivity contribution in [3.8, 4) is 0 Å². The summed E-state index contributed by atoms with van der Waals surface area (Å²) < 4.78 is 0. The van der Waals surface area contributed by atoms with Crippen LogP contribution in [-0.2, 0) is 10.5 Å². The van der Waals surface area contributed by atoms with Crippen LogP contribution >= 0.6 is 11.8 Å². The van der Waals surface area contributed by atoms with E-state index in [1.165, 1.54) is 5.56 Å². The molecule has 1 atom stereocenters. The predicted molar refractivity (Wildman–Crippen MR) is 64.1 cm³/mol. The maximum atomic E-state index is 10.4. The van der Waals surface area contributed by atoms with E-state index in [-0.39, 0.29) is 6.42 Å². The average Bonchev–Trinajstić information content (AvgIpc) is 2.25. The van der Waals surface area contributed by atoms with Gasteiger partial charge in [0.1, 0.15) is 0 Å². The number of hydrogen-bond donors (Lipinski definition) is 1. The van der Waals surface area contributed by atoms with Crippen LogP contribution in [0.5, 0.6) is 0 Å². The van der Waals surface area contributed by atoms with E-state index in [2.05, 4.69) is 19.1 Å². The number of carboxylic acid groups (broad SMARTS) is 1. The Kier molecular flexibility index (Phi) is 5.26. The Hall–Kier alpha value is -0.960. The zero-order valence-corrected chi connectivity index (χ0v) is 9.67. The number of thioether (sulfide) groups is 1. The van der Waals surface area contributed by atoms with Crippen LogP contribution in [-0.4, -0.2) is 16.3 Å². The molecule has 1 N–H and O–H groups in total. The van der Waals surface area contributed by atoms with Gasteiger partial charge < -0.3 is 5.11 Å². The molecule has 0 saturated heterocycles. The molecular weight excluding hydrogens is 208 g/mol. The van der Waals surface area contributed by atoms with Crippen molar-refractivity contribution in [3.63, 3.8) is 0 Å². The van der Waals surface area contributed by atoms with Crippen molar-refractivity contribution >= 4 is 17.7 Å². The number of carbonyl (C=O) groups is 1. The predicted octanol–water partition coefficient (Wildman–Crippen LogP) is 3.17. The average molecular weight is 224 g/mol. The van der Waals surface area contributed by atoms with Crippen molar-refractivity contribution in [2.75, 3.05) is 0 Å². The van der Waals surface area contributed by atoms with Crippen molar-refractivity contribution in [1.29, 1.82) is 0 Å². The maximum Gasteiger partial charge on any atom is 0.303 e. The highest BCUT2D eigenvalue weighted by atomic mass is 32.2. The number of aliphatic carboxylic acids is 1. The Morgan fingerprint density at radius 1 is 1.40 bits per heavy atom. The molecule has 1 unspecified atom stereocenters. The first kappa shape index (κ1) is 12.1. The standard InChI is InChI=1S/C12H16O2S/c1-10(7-8-12(13)14)15-9-11-5-3-2-4-6-11/h2-6,10H,7-9H2,1H3,(H,13,14). The fourth-order valence-corrected chi connectivity index (χ4v) is 2.18. The molecule has 0 heterocycles. The van der Waals surface area contributed by atoms with E-state index in [9.17, 15) is 4.79 Å². The fraction of sp³-hybridized carbons (Fsp3) is 0.417. The minimum atomic E-state index is -0.706. The molecule has 0 aliphatic heterocycles. The second-order valence-corrected chi connectivity index (χ2v) is 4.97. The molecule has 0 radical (unpaired) electrons. The van der Waals surface area contributed by atoms with Gasteiger partial charge in [0, 0.05) is 17.4 Å². The highest BCUT2D eigenvalue weighted by Gasteiger charge is 2.05. The Morgan fingerprint density at radius 3 is 2.67 bits per heavy atom. The normalized spacial score (nSPS) is 12.3. The van der Waals surface area contributed by atoms with Gasteiger partial charge in [0.2, 0.25) is 0 Å². The van der Waals surface area contributed by atoms with Crippen LogP contribution in [0, 0.1) is 0 Å². The lowest BCUT2D eigenvalue weighted by atomic mass is 10.2. The van der Waals surface area contributed by atoms with Gasteiger partial charge in [0.05, 0.1) is 0 Å². The van der Waals surface area contributed by atoms with Crippen LogP contribution in [0.4, 0.5) is 0 Å². The topological polar surface area (TPSA) is 37.3 Å². The SMILES string of the molecule is CC(CCC(=O)O)SCc1ccccc1. The van der Waals surface area contributed by atoms with Crippen LogP contribution < -0.4 is 0 Å². The lowest BCUT2D eigenvalue weighted by molar-refractivity contribution is -0.137. The van der Waals surface area contributed by atoms with Crippen molar-refractivity contribution in [1.82, 2.24) is 0 Å². The molecule has 1 aromatic rings. The van der Waals surface area contributed by atoms with Gasteiger partial charge in [-0.25, -0.2) is 0 Å². The minimum Gasteiger partial charge on any atom is -0.481 e. The van der Waals surface area contributed by atoms with Crippen LogP contribution in [0.2, 0.25) is 0 Å². The summed E-state index contributed by atoms with van der Waals surface area (Å²) in [5, 5.41) is 8.94. The van der Waals surface area contributed by atoms with Crippen LogP contribution in [0.15, 0.2) is 30.3 Å². The molecule has 0 spiro atoms. The third kappa shape index (κ3) is 5.47. The Morgan fingerprint density at radius 2 is 2.07 bits per heavy atom. The van der Waals surface area contributed by atoms with E-state index in [1.807, 2.05) is 30.0 Å². The quantitative estimate of drug-likeness (QED) is 0.806. The maximum absolute atomic E-state index is 10.4. The molecule has 0 saturated carbocycles. The molecule has 0 aliphatic carbocycles. The summed E-state index contributed by atoms with van der Waals surface area (Å²) in [6.07, 6.45) is 1.01. The lowest BCUT2D eigenvalue weighted by Gasteiger charge is -2.09.